The Morgan fingerprint density at radius 3 is 2.56 bits per heavy atom. The normalized spacial score (nSPS) is 27.5. The second-order valence-corrected chi connectivity index (χ2v) is 9.25. The van der Waals surface area contributed by atoms with E-state index in [1.807, 2.05) is 45.0 Å². The lowest BCUT2D eigenvalue weighted by Gasteiger charge is -2.41. The van der Waals surface area contributed by atoms with E-state index >= 15 is 0 Å². The zero-order valence-electron chi connectivity index (χ0n) is 15.9. The predicted molar refractivity (Wildman–Crippen MR) is 103 cm³/mol. The minimum atomic E-state index is -0.990. The van der Waals surface area contributed by atoms with Gasteiger partial charge in [-0.25, -0.2) is 9.59 Å². The van der Waals surface area contributed by atoms with Gasteiger partial charge >= 0.3 is 12.1 Å². The Balaban J connectivity index is 1.87. The summed E-state index contributed by atoms with van der Waals surface area (Å²) in [6.07, 6.45) is 1.91. The van der Waals surface area contributed by atoms with Crippen molar-refractivity contribution >= 4 is 28.0 Å². The van der Waals surface area contributed by atoms with Crippen molar-refractivity contribution in [2.75, 3.05) is 13.2 Å². The summed E-state index contributed by atoms with van der Waals surface area (Å²) >= 11 is 3.44. The molecule has 1 aromatic rings. The van der Waals surface area contributed by atoms with E-state index in [-0.39, 0.29) is 24.7 Å². The maximum absolute atomic E-state index is 12.6. The van der Waals surface area contributed by atoms with Gasteiger partial charge in [-0.15, -0.1) is 0 Å². The fourth-order valence-corrected chi connectivity index (χ4v) is 4.50. The minimum absolute atomic E-state index is 0.0318. The maximum atomic E-state index is 12.6. The lowest BCUT2D eigenvalue weighted by atomic mass is 9.72. The number of hydrogen-bond donors (Lipinski definition) is 1. The van der Waals surface area contributed by atoms with Crippen LogP contribution in [0.15, 0.2) is 28.7 Å². The third-order valence-electron chi connectivity index (χ3n) is 5.34. The highest BCUT2D eigenvalue weighted by Crippen LogP contribution is 2.50. The van der Waals surface area contributed by atoms with E-state index < -0.39 is 17.2 Å². The number of carbonyl (C=O) groups excluding carboxylic acids is 1. The monoisotopic (exact) mass is 439 g/mol. The van der Waals surface area contributed by atoms with Gasteiger partial charge in [-0.2, -0.15) is 0 Å². The smallest absolute Gasteiger partial charge is 0.410 e. The van der Waals surface area contributed by atoms with Crippen molar-refractivity contribution in [2.24, 2.45) is 5.92 Å². The van der Waals surface area contributed by atoms with Crippen LogP contribution in [0.25, 0.3) is 0 Å². The molecule has 3 atom stereocenters. The largest absolute Gasteiger partial charge is 0.480 e. The lowest BCUT2D eigenvalue weighted by Crippen LogP contribution is -2.42. The van der Waals surface area contributed by atoms with Gasteiger partial charge in [0.25, 0.3) is 0 Å². The number of rotatable bonds is 4. The number of nitrogens with zero attached hydrogens (tertiary/aromatic N) is 1. The number of benzene rings is 1. The third-order valence-corrected chi connectivity index (χ3v) is 5.87. The topological polar surface area (TPSA) is 76.1 Å². The number of hydrogen-bond acceptors (Lipinski definition) is 4. The molecule has 3 rings (SSSR count). The van der Waals surface area contributed by atoms with Crippen LogP contribution in [0.5, 0.6) is 0 Å². The molecular formula is C20H26BrNO5. The van der Waals surface area contributed by atoms with Crippen LogP contribution in [-0.4, -0.2) is 46.9 Å². The number of carboxylic acid groups (broad SMARTS) is 1. The molecule has 1 saturated heterocycles. The summed E-state index contributed by atoms with van der Waals surface area (Å²) in [6.45, 7) is 5.72. The molecule has 27 heavy (non-hydrogen) atoms. The quantitative estimate of drug-likeness (QED) is 0.761. The molecule has 3 unspecified atom stereocenters. The van der Waals surface area contributed by atoms with Crippen molar-refractivity contribution < 1.29 is 24.2 Å². The van der Waals surface area contributed by atoms with Crippen LogP contribution in [0.2, 0.25) is 0 Å². The molecule has 0 spiro atoms. The van der Waals surface area contributed by atoms with E-state index in [9.17, 15) is 9.59 Å². The Hall–Kier alpha value is -1.60. The average molecular weight is 440 g/mol. The van der Waals surface area contributed by atoms with E-state index in [2.05, 4.69) is 15.9 Å². The maximum Gasteiger partial charge on any atom is 0.410 e. The van der Waals surface area contributed by atoms with Crippen LogP contribution in [0.4, 0.5) is 4.79 Å². The highest BCUT2D eigenvalue weighted by Gasteiger charge is 2.53. The van der Waals surface area contributed by atoms with E-state index in [0.29, 0.717) is 13.0 Å². The first-order valence-corrected chi connectivity index (χ1v) is 10.0. The summed E-state index contributed by atoms with van der Waals surface area (Å²) in [5.41, 5.74) is -0.288. The SMILES string of the molecule is CC(C)(C)OC(=O)N1CC2CC1CCC2(OCC(=O)O)c1ccc(Br)cc1. The number of halogens is 1. The van der Waals surface area contributed by atoms with Gasteiger partial charge in [-0.3, -0.25) is 0 Å². The molecule has 0 aromatic heterocycles. The van der Waals surface area contributed by atoms with Crippen molar-refractivity contribution in [1.82, 2.24) is 4.90 Å². The number of carbonyl (C=O) groups is 2. The van der Waals surface area contributed by atoms with Crippen LogP contribution >= 0.6 is 15.9 Å². The van der Waals surface area contributed by atoms with Gasteiger partial charge in [0.15, 0.2) is 0 Å². The standard InChI is InChI=1S/C20H26BrNO5/c1-19(2,3)27-18(25)22-11-14-10-16(22)8-9-20(14,26-12-17(23)24)13-4-6-15(21)7-5-13/h4-7,14,16H,8-12H2,1-3H3,(H,23,24). The van der Waals surface area contributed by atoms with Crippen molar-refractivity contribution in [2.45, 2.75) is 57.3 Å². The zero-order chi connectivity index (χ0) is 19.8. The zero-order valence-corrected chi connectivity index (χ0v) is 17.5. The Kier molecular flexibility index (Phi) is 5.54. The molecule has 1 aromatic carbocycles. The van der Waals surface area contributed by atoms with Crippen LogP contribution in [0, 0.1) is 5.92 Å². The summed E-state index contributed by atoms with van der Waals surface area (Å²) in [7, 11) is 0. The summed E-state index contributed by atoms with van der Waals surface area (Å²) in [5.74, 6) is -0.958. The Labute approximate surface area is 168 Å². The van der Waals surface area contributed by atoms with Crippen molar-refractivity contribution in [1.29, 1.82) is 0 Å². The van der Waals surface area contributed by atoms with Crippen LogP contribution in [0.3, 0.4) is 0 Å². The van der Waals surface area contributed by atoms with Gasteiger partial charge < -0.3 is 19.5 Å². The molecule has 6 nitrogen and oxygen atoms in total. The molecule has 2 fully saturated rings. The van der Waals surface area contributed by atoms with Gasteiger partial charge in [0.2, 0.25) is 0 Å². The number of fused-ring (bicyclic) bond motifs is 2. The van der Waals surface area contributed by atoms with Gasteiger partial charge in [0.05, 0.1) is 5.60 Å². The van der Waals surface area contributed by atoms with Gasteiger partial charge in [-0.1, -0.05) is 28.1 Å². The summed E-state index contributed by atoms with van der Waals surface area (Å²) in [6, 6.07) is 7.94. The number of aliphatic carboxylic acids is 1. The van der Waals surface area contributed by atoms with E-state index in [0.717, 1.165) is 22.9 Å². The van der Waals surface area contributed by atoms with E-state index in [4.69, 9.17) is 14.6 Å². The summed E-state index contributed by atoms with van der Waals surface area (Å²) in [4.78, 5) is 25.6. The first-order valence-electron chi connectivity index (χ1n) is 9.22. The minimum Gasteiger partial charge on any atom is -0.480 e. The van der Waals surface area contributed by atoms with Gasteiger partial charge in [0, 0.05) is 23.0 Å². The van der Waals surface area contributed by atoms with Crippen LogP contribution in [-0.2, 0) is 19.9 Å². The fraction of sp³-hybridized carbons (Fsp3) is 0.600. The van der Waals surface area contributed by atoms with Crippen LogP contribution in [0.1, 0.15) is 45.6 Å². The molecule has 7 heteroatoms. The molecular weight excluding hydrogens is 414 g/mol. The van der Waals surface area contributed by atoms with Gasteiger partial charge in [-0.05, 0) is 57.7 Å². The molecule has 1 saturated carbocycles. The van der Waals surface area contributed by atoms with Crippen molar-refractivity contribution in [3.63, 3.8) is 0 Å². The third kappa shape index (κ3) is 4.29. The molecule has 2 bridgehead atoms. The molecule has 2 aliphatic rings. The fourth-order valence-electron chi connectivity index (χ4n) is 4.23. The number of likely N-dealkylation sites (tertiary alicyclic amines) is 1. The summed E-state index contributed by atoms with van der Waals surface area (Å²) in [5, 5.41) is 9.17. The van der Waals surface area contributed by atoms with Crippen LogP contribution < -0.4 is 0 Å². The molecule has 148 valence electrons. The highest BCUT2D eigenvalue weighted by molar-refractivity contribution is 9.10. The van der Waals surface area contributed by atoms with E-state index in [1.165, 1.54) is 0 Å². The molecule has 1 aliphatic heterocycles. The lowest BCUT2D eigenvalue weighted by molar-refractivity contribution is -0.158. The van der Waals surface area contributed by atoms with Gasteiger partial charge in [0.1, 0.15) is 12.2 Å². The Morgan fingerprint density at radius 1 is 1.30 bits per heavy atom. The van der Waals surface area contributed by atoms with Crippen molar-refractivity contribution in [3.8, 4) is 0 Å². The average Bonchev–Trinajstić information content (AvgIpc) is 2.93. The first-order chi connectivity index (χ1) is 12.6. The highest BCUT2D eigenvalue weighted by atomic mass is 79.9. The second kappa shape index (κ2) is 7.43. The van der Waals surface area contributed by atoms with E-state index in [1.54, 1.807) is 4.90 Å². The molecule has 1 aliphatic carbocycles. The van der Waals surface area contributed by atoms with Crippen molar-refractivity contribution in [3.05, 3.63) is 34.3 Å². The predicted octanol–water partition coefficient (Wildman–Crippen LogP) is 4.17. The summed E-state index contributed by atoms with van der Waals surface area (Å²) < 4.78 is 12.5. The molecule has 1 N–H and O–H groups in total. The Bertz CT molecular complexity index is 714. The first kappa shape index (κ1) is 20.1. The number of ether oxygens (including phenoxy) is 2. The number of carboxylic acids is 1. The molecule has 0 radical (unpaired) electrons. The Morgan fingerprint density at radius 2 is 1.96 bits per heavy atom. The number of amides is 1. The second-order valence-electron chi connectivity index (χ2n) is 8.34. The molecule has 1 amide bonds. The molecule has 1 heterocycles.